The van der Waals surface area contributed by atoms with Gasteiger partial charge in [0.2, 0.25) is 9.84 Å². The first kappa shape index (κ1) is 30.2. The van der Waals surface area contributed by atoms with Crippen LogP contribution in [0.5, 0.6) is 17.2 Å². The van der Waals surface area contributed by atoms with Crippen LogP contribution in [0.3, 0.4) is 0 Å². The van der Waals surface area contributed by atoms with Crippen LogP contribution >= 0.6 is 0 Å². The number of nitrogen functional groups attached to an aromatic ring is 1. The van der Waals surface area contributed by atoms with Gasteiger partial charge in [-0.25, -0.2) is 8.42 Å². The molecule has 4 aromatic rings. The number of benzene rings is 4. The molecule has 0 heterocycles. The summed E-state index contributed by atoms with van der Waals surface area (Å²) in [5.41, 5.74) is 9.57. The summed E-state index contributed by atoms with van der Waals surface area (Å²) < 4.78 is 38.4. The molecule has 4 aromatic carbocycles. The molecule has 0 spiro atoms. The Morgan fingerprint density at radius 1 is 0.585 bits per heavy atom. The summed E-state index contributed by atoms with van der Waals surface area (Å²) in [6.45, 7) is 16.7. The maximum Gasteiger partial charge on any atom is 0.206 e. The minimum absolute atomic E-state index is 0.0516. The molecular weight excluding hydrogens is 530 g/mol. The molecule has 0 saturated heterocycles. The van der Waals surface area contributed by atoms with Crippen LogP contribution in [-0.2, 0) is 20.7 Å². The molecule has 0 aliphatic rings. The van der Waals surface area contributed by atoms with E-state index < -0.39 is 9.84 Å². The van der Waals surface area contributed by atoms with Gasteiger partial charge in [0, 0.05) is 5.41 Å². The van der Waals surface area contributed by atoms with E-state index in [9.17, 15) is 8.42 Å². The molecular formula is C35H41NO4S. The van der Waals surface area contributed by atoms with Gasteiger partial charge in [0.15, 0.2) is 0 Å². The van der Waals surface area contributed by atoms with Gasteiger partial charge >= 0.3 is 0 Å². The van der Waals surface area contributed by atoms with Crippen molar-refractivity contribution in [2.24, 2.45) is 0 Å². The van der Waals surface area contributed by atoms with E-state index in [0.717, 1.165) is 22.4 Å². The van der Waals surface area contributed by atoms with Crippen LogP contribution in [0.1, 0.15) is 72.1 Å². The first-order valence-electron chi connectivity index (χ1n) is 13.8. The van der Waals surface area contributed by atoms with Crippen LogP contribution in [0.2, 0.25) is 0 Å². The highest BCUT2D eigenvalue weighted by molar-refractivity contribution is 7.91. The molecule has 0 atom stereocenters. The van der Waals surface area contributed by atoms with Crippen molar-refractivity contribution >= 4 is 15.5 Å². The normalized spacial score (nSPS) is 12.7. The molecule has 0 amide bonds. The van der Waals surface area contributed by atoms with Crippen molar-refractivity contribution in [2.75, 3.05) is 5.73 Å². The molecule has 4 rings (SSSR count). The summed E-state index contributed by atoms with van der Waals surface area (Å²) >= 11 is 0. The second kappa shape index (κ2) is 10.9. The van der Waals surface area contributed by atoms with Gasteiger partial charge in [0.1, 0.15) is 22.8 Å². The van der Waals surface area contributed by atoms with Gasteiger partial charge in [-0.15, -0.1) is 0 Å². The van der Waals surface area contributed by atoms with E-state index in [2.05, 4.69) is 46.8 Å². The SMILES string of the molecule is CC(C)(C)Oc1ccc(C(C)(C)c2ccc(Oc3ccc(S(=O)(=O)c4ccc(C(C)(C)C)cc4)cc3)c(N)c2)cc1. The quantitative estimate of drug-likeness (QED) is 0.225. The highest BCUT2D eigenvalue weighted by atomic mass is 32.2. The molecule has 2 N–H and O–H groups in total. The minimum atomic E-state index is -3.65. The lowest BCUT2D eigenvalue weighted by molar-refractivity contribution is 0.131. The van der Waals surface area contributed by atoms with Crippen LogP contribution in [0, 0.1) is 0 Å². The van der Waals surface area contributed by atoms with Crippen molar-refractivity contribution in [3.05, 3.63) is 108 Å². The summed E-state index contributed by atoms with van der Waals surface area (Å²) in [5, 5.41) is 0. The van der Waals surface area contributed by atoms with Gasteiger partial charge in [0.05, 0.1) is 15.5 Å². The first-order chi connectivity index (χ1) is 19.0. The van der Waals surface area contributed by atoms with E-state index in [1.165, 1.54) is 0 Å². The van der Waals surface area contributed by atoms with Gasteiger partial charge in [0.25, 0.3) is 0 Å². The average molecular weight is 572 g/mol. The van der Waals surface area contributed by atoms with Gasteiger partial charge in [-0.3, -0.25) is 0 Å². The molecule has 216 valence electrons. The Kier molecular flexibility index (Phi) is 8.03. The number of sulfone groups is 1. The van der Waals surface area contributed by atoms with E-state index in [-0.39, 0.29) is 26.2 Å². The second-order valence-electron chi connectivity index (χ2n) is 13.0. The molecule has 0 radical (unpaired) electrons. The molecule has 0 aliphatic carbocycles. The second-order valence-corrected chi connectivity index (χ2v) is 14.9. The molecule has 0 bridgehead atoms. The Bertz CT molecular complexity index is 1610. The topological polar surface area (TPSA) is 78.6 Å². The van der Waals surface area contributed by atoms with Crippen molar-refractivity contribution in [3.8, 4) is 17.2 Å². The monoisotopic (exact) mass is 571 g/mol. The summed E-state index contributed by atoms with van der Waals surface area (Å²) in [5.74, 6) is 1.84. The fourth-order valence-corrected chi connectivity index (χ4v) is 5.83. The fourth-order valence-electron chi connectivity index (χ4n) is 4.57. The van der Waals surface area contributed by atoms with Gasteiger partial charge < -0.3 is 15.2 Å². The molecule has 0 unspecified atom stereocenters. The number of hydrogen-bond donors (Lipinski definition) is 1. The molecule has 6 heteroatoms. The van der Waals surface area contributed by atoms with Gasteiger partial charge in [-0.1, -0.05) is 65.0 Å². The van der Waals surface area contributed by atoms with E-state index in [1.54, 1.807) is 36.4 Å². The minimum Gasteiger partial charge on any atom is -0.488 e. The van der Waals surface area contributed by atoms with Crippen LogP contribution in [0.25, 0.3) is 0 Å². The number of ether oxygens (including phenoxy) is 2. The third kappa shape index (κ3) is 6.94. The molecule has 5 nitrogen and oxygen atoms in total. The zero-order valence-corrected chi connectivity index (χ0v) is 26.1. The lowest BCUT2D eigenvalue weighted by Gasteiger charge is -2.28. The van der Waals surface area contributed by atoms with Crippen molar-refractivity contribution in [1.82, 2.24) is 0 Å². The molecule has 0 aromatic heterocycles. The van der Waals surface area contributed by atoms with E-state index in [1.807, 2.05) is 63.2 Å². The third-order valence-corrected chi connectivity index (χ3v) is 8.91. The maximum atomic E-state index is 13.2. The largest absolute Gasteiger partial charge is 0.488 e. The first-order valence-corrected chi connectivity index (χ1v) is 15.3. The summed E-state index contributed by atoms with van der Waals surface area (Å²) in [7, 11) is -3.65. The Balaban J connectivity index is 1.49. The maximum absolute atomic E-state index is 13.2. The van der Waals surface area contributed by atoms with Crippen molar-refractivity contribution in [2.45, 2.75) is 81.6 Å². The smallest absolute Gasteiger partial charge is 0.206 e. The molecule has 0 aliphatic heterocycles. The zero-order valence-electron chi connectivity index (χ0n) is 25.3. The van der Waals surface area contributed by atoms with Crippen LogP contribution in [-0.4, -0.2) is 14.0 Å². The van der Waals surface area contributed by atoms with Gasteiger partial charge in [-0.05, 0) is 104 Å². The lowest BCUT2D eigenvalue weighted by atomic mass is 9.78. The Morgan fingerprint density at radius 3 is 1.54 bits per heavy atom. The zero-order chi connectivity index (χ0) is 30.2. The van der Waals surface area contributed by atoms with Crippen LogP contribution < -0.4 is 15.2 Å². The number of hydrogen-bond acceptors (Lipinski definition) is 5. The predicted molar refractivity (Wildman–Crippen MR) is 167 cm³/mol. The van der Waals surface area contributed by atoms with Crippen LogP contribution in [0.15, 0.2) is 101 Å². The lowest BCUT2D eigenvalue weighted by Crippen LogP contribution is -2.23. The molecule has 41 heavy (non-hydrogen) atoms. The van der Waals surface area contributed by atoms with Crippen molar-refractivity contribution < 1.29 is 17.9 Å². The predicted octanol–water partition coefficient (Wildman–Crippen LogP) is 8.69. The number of anilines is 1. The third-order valence-electron chi connectivity index (χ3n) is 7.12. The summed E-state index contributed by atoms with van der Waals surface area (Å²) in [4.78, 5) is 0.468. The number of nitrogens with two attached hydrogens (primary N) is 1. The Morgan fingerprint density at radius 2 is 1.05 bits per heavy atom. The summed E-state index contributed by atoms with van der Waals surface area (Å²) in [6.07, 6.45) is 0. The standard InChI is InChI=1S/C35H41NO4S/c1-33(2,3)24-11-18-29(19-12-24)41(37,38)30-20-16-27(17-21-30)39-32-22-13-26(23-31(32)36)35(7,8)25-9-14-28(15-10-25)40-34(4,5)6/h9-23H,36H2,1-8H3. The Hall–Kier alpha value is -3.77. The summed E-state index contributed by atoms with van der Waals surface area (Å²) in [6, 6.07) is 27.4. The van der Waals surface area contributed by atoms with E-state index >= 15 is 0 Å². The van der Waals surface area contributed by atoms with E-state index in [4.69, 9.17) is 15.2 Å². The highest BCUT2D eigenvalue weighted by Crippen LogP contribution is 2.37. The van der Waals surface area contributed by atoms with Crippen molar-refractivity contribution in [3.63, 3.8) is 0 Å². The molecule has 0 saturated carbocycles. The van der Waals surface area contributed by atoms with Gasteiger partial charge in [-0.2, -0.15) is 0 Å². The van der Waals surface area contributed by atoms with E-state index in [0.29, 0.717) is 17.2 Å². The average Bonchev–Trinajstić information content (AvgIpc) is 2.89. The number of rotatable bonds is 7. The van der Waals surface area contributed by atoms with Crippen LogP contribution in [0.4, 0.5) is 5.69 Å². The Labute approximate surface area is 245 Å². The molecule has 0 fully saturated rings. The van der Waals surface area contributed by atoms with Crippen molar-refractivity contribution in [1.29, 1.82) is 0 Å². The highest BCUT2D eigenvalue weighted by Gasteiger charge is 2.25. The fraction of sp³-hybridized carbons (Fsp3) is 0.314.